The van der Waals surface area contributed by atoms with E-state index in [2.05, 4.69) is 10.0 Å². The maximum Gasteiger partial charge on any atom is 0.241 e. The third-order valence-corrected chi connectivity index (χ3v) is 5.41. The van der Waals surface area contributed by atoms with E-state index in [9.17, 15) is 18.0 Å². The molecule has 0 unspecified atom stereocenters. The van der Waals surface area contributed by atoms with Gasteiger partial charge in [0.05, 0.1) is 17.5 Å². The molecule has 4 N–H and O–H groups in total. The molecule has 1 aromatic carbocycles. The Hall–Kier alpha value is -1.68. The van der Waals surface area contributed by atoms with Crippen molar-refractivity contribution < 1.29 is 18.0 Å². The lowest BCUT2D eigenvalue weighted by Crippen LogP contribution is -2.48. The van der Waals surface area contributed by atoms with Gasteiger partial charge in [-0.1, -0.05) is 31.5 Å². The number of benzene rings is 1. The highest BCUT2D eigenvalue weighted by molar-refractivity contribution is 7.89. The molecule has 0 bridgehead atoms. The van der Waals surface area contributed by atoms with E-state index in [0.29, 0.717) is 0 Å². The van der Waals surface area contributed by atoms with Crippen LogP contribution < -0.4 is 15.8 Å². The zero-order valence-corrected chi connectivity index (χ0v) is 17.7. The number of halogens is 1. The van der Waals surface area contributed by atoms with Crippen LogP contribution in [0.5, 0.6) is 0 Å². The summed E-state index contributed by atoms with van der Waals surface area (Å²) in [5.41, 5.74) is 6.67. The van der Waals surface area contributed by atoms with Crippen molar-refractivity contribution in [2.24, 2.45) is 11.7 Å². The second-order valence-corrected chi connectivity index (χ2v) is 8.28. The first-order chi connectivity index (χ1) is 12.0. The van der Waals surface area contributed by atoms with E-state index >= 15 is 0 Å². The van der Waals surface area contributed by atoms with Gasteiger partial charge in [-0.05, 0) is 25.0 Å². The lowest BCUT2D eigenvalue weighted by atomic mass is 10.1. The lowest BCUT2D eigenvalue weighted by Gasteiger charge is -2.19. The smallest absolute Gasteiger partial charge is 0.241 e. The van der Waals surface area contributed by atoms with Crippen molar-refractivity contribution in [3.05, 3.63) is 29.8 Å². The second-order valence-electron chi connectivity index (χ2n) is 6.51. The van der Waals surface area contributed by atoms with Crippen molar-refractivity contribution in [1.82, 2.24) is 14.9 Å². The molecular weight excluding hydrogens is 392 g/mol. The summed E-state index contributed by atoms with van der Waals surface area (Å²) in [6.07, 6.45) is 0. The van der Waals surface area contributed by atoms with Gasteiger partial charge in [0.2, 0.25) is 21.8 Å². The Morgan fingerprint density at radius 1 is 1.19 bits per heavy atom. The predicted molar refractivity (Wildman–Crippen MR) is 107 cm³/mol. The molecule has 2 amide bonds. The minimum absolute atomic E-state index is 0. The van der Waals surface area contributed by atoms with Gasteiger partial charge in [0, 0.05) is 20.1 Å². The van der Waals surface area contributed by atoms with E-state index in [1.54, 1.807) is 12.1 Å². The molecule has 0 radical (unpaired) electrons. The first kappa shape index (κ1) is 25.3. The highest BCUT2D eigenvalue weighted by Gasteiger charge is 2.19. The summed E-state index contributed by atoms with van der Waals surface area (Å²) in [5.74, 6) is -0.746. The lowest BCUT2D eigenvalue weighted by molar-refractivity contribution is -0.132. The van der Waals surface area contributed by atoms with E-state index in [4.69, 9.17) is 5.73 Å². The van der Waals surface area contributed by atoms with Gasteiger partial charge in [-0.15, -0.1) is 12.4 Å². The van der Waals surface area contributed by atoms with Gasteiger partial charge in [0.15, 0.2) is 0 Å². The largest absolute Gasteiger partial charge is 0.346 e. The normalized spacial score (nSPS) is 12.2. The standard InChI is InChI=1S/C17H28N4O4S.ClH/c1-12(2)16(18)17(23)19-11-15(22)21(4)10-9-20-26(24,25)14-7-5-13(3)6-8-14;/h5-8,12,16,20H,9-11,18H2,1-4H3,(H,19,23);1H/t16-;/m0./s1. The Morgan fingerprint density at radius 3 is 2.26 bits per heavy atom. The summed E-state index contributed by atoms with van der Waals surface area (Å²) in [6.45, 7) is 5.57. The number of nitrogens with zero attached hydrogens (tertiary/aromatic N) is 1. The molecule has 0 saturated heterocycles. The van der Waals surface area contributed by atoms with Crippen molar-refractivity contribution in [1.29, 1.82) is 0 Å². The number of aryl methyl sites for hydroxylation is 1. The summed E-state index contributed by atoms with van der Waals surface area (Å²) in [7, 11) is -2.08. The fourth-order valence-electron chi connectivity index (χ4n) is 1.99. The van der Waals surface area contributed by atoms with Crippen molar-refractivity contribution in [3.8, 4) is 0 Å². The number of carbonyl (C=O) groups excluding carboxylic acids is 2. The zero-order chi connectivity index (χ0) is 19.9. The quantitative estimate of drug-likeness (QED) is 0.528. The van der Waals surface area contributed by atoms with E-state index in [-0.39, 0.29) is 54.7 Å². The summed E-state index contributed by atoms with van der Waals surface area (Å²) in [5, 5.41) is 2.49. The number of sulfonamides is 1. The number of rotatable bonds is 9. The van der Waals surface area contributed by atoms with Crippen molar-refractivity contribution >= 4 is 34.2 Å². The fraction of sp³-hybridized carbons (Fsp3) is 0.529. The van der Waals surface area contributed by atoms with Crippen LogP contribution in [0.4, 0.5) is 0 Å². The molecule has 0 spiro atoms. The van der Waals surface area contributed by atoms with E-state index in [1.807, 2.05) is 20.8 Å². The number of carbonyl (C=O) groups is 2. The van der Waals surface area contributed by atoms with E-state index in [1.165, 1.54) is 24.1 Å². The third-order valence-electron chi connectivity index (χ3n) is 3.93. The van der Waals surface area contributed by atoms with Gasteiger partial charge in [0.25, 0.3) is 0 Å². The number of hydrogen-bond donors (Lipinski definition) is 3. The van der Waals surface area contributed by atoms with Crippen molar-refractivity contribution in [2.45, 2.75) is 31.7 Å². The topological polar surface area (TPSA) is 122 Å². The Bertz CT molecular complexity index is 723. The van der Waals surface area contributed by atoms with Crippen LogP contribution in [0.2, 0.25) is 0 Å². The fourth-order valence-corrected chi connectivity index (χ4v) is 3.01. The zero-order valence-electron chi connectivity index (χ0n) is 16.1. The minimum atomic E-state index is -3.62. The highest BCUT2D eigenvalue weighted by atomic mass is 35.5. The van der Waals surface area contributed by atoms with Crippen LogP contribution >= 0.6 is 12.4 Å². The maximum absolute atomic E-state index is 12.2. The molecule has 0 saturated carbocycles. The molecule has 1 rings (SSSR count). The van der Waals surface area contributed by atoms with Crippen LogP contribution in [0, 0.1) is 12.8 Å². The Morgan fingerprint density at radius 2 is 1.74 bits per heavy atom. The summed E-state index contributed by atoms with van der Waals surface area (Å²) in [4.78, 5) is 25.3. The van der Waals surface area contributed by atoms with Gasteiger partial charge in [-0.2, -0.15) is 0 Å². The molecule has 10 heteroatoms. The Labute approximate surface area is 167 Å². The molecular formula is C17H29ClN4O4S. The van der Waals surface area contributed by atoms with E-state index in [0.717, 1.165) is 5.56 Å². The molecule has 0 aliphatic rings. The number of nitrogens with two attached hydrogens (primary N) is 1. The Balaban J connectivity index is 0.00000676. The molecule has 27 heavy (non-hydrogen) atoms. The second kappa shape index (κ2) is 11.2. The first-order valence-electron chi connectivity index (χ1n) is 8.38. The van der Waals surface area contributed by atoms with Gasteiger partial charge in [-0.25, -0.2) is 13.1 Å². The van der Waals surface area contributed by atoms with Gasteiger partial charge in [0.1, 0.15) is 0 Å². The van der Waals surface area contributed by atoms with Crippen LogP contribution in [0.1, 0.15) is 19.4 Å². The number of nitrogens with one attached hydrogen (secondary N) is 2. The van der Waals surface area contributed by atoms with Crippen LogP contribution in [0.15, 0.2) is 29.2 Å². The molecule has 0 heterocycles. The number of hydrogen-bond acceptors (Lipinski definition) is 5. The Kier molecular flexibility index (Phi) is 10.5. The van der Waals surface area contributed by atoms with Gasteiger partial charge >= 0.3 is 0 Å². The third kappa shape index (κ3) is 8.25. The van der Waals surface area contributed by atoms with Crippen molar-refractivity contribution in [3.63, 3.8) is 0 Å². The highest BCUT2D eigenvalue weighted by Crippen LogP contribution is 2.09. The predicted octanol–water partition coefficient (Wildman–Crippen LogP) is 0.253. The molecule has 0 aromatic heterocycles. The molecule has 0 aliphatic heterocycles. The van der Waals surface area contributed by atoms with Gasteiger partial charge in [-0.3, -0.25) is 9.59 Å². The summed E-state index contributed by atoms with van der Waals surface area (Å²) >= 11 is 0. The van der Waals surface area contributed by atoms with Gasteiger partial charge < -0.3 is 16.0 Å². The molecule has 0 aliphatic carbocycles. The van der Waals surface area contributed by atoms with Crippen LogP contribution in [-0.4, -0.2) is 57.9 Å². The summed E-state index contributed by atoms with van der Waals surface area (Å²) < 4.78 is 26.8. The van der Waals surface area contributed by atoms with Crippen LogP contribution in [-0.2, 0) is 19.6 Å². The number of likely N-dealkylation sites (N-methyl/N-ethyl adjacent to an activating group) is 1. The van der Waals surface area contributed by atoms with E-state index < -0.39 is 16.1 Å². The number of amides is 2. The SMILES string of the molecule is Cc1ccc(S(=O)(=O)NCCN(C)C(=O)CNC(=O)[C@@H](N)C(C)C)cc1.Cl. The first-order valence-corrected chi connectivity index (χ1v) is 9.86. The molecule has 1 aromatic rings. The monoisotopic (exact) mass is 420 g/mol. The van der Waals surface area contributed by atoms with Crippen LogP contribution in [0.25, 0.3) is 0 Å². The average Bonchev–Trinajstić information content (AvgIpc) is 2.58. The average molecular weight is 421 g/mol. The molecule has 1 atom stereocenters. The maximum atomic E-state index is 12.2. The summed E-state index contributed by atoms with van der Waals surface area (Å²) in [6, 6.07) is 5.82. The molecule has 0 fully saturated rings. The minimum Gasteiger partial charge on any atom is -0.346 e. The molecule has 8 nitrogen and oxygen atoms in total. The molecule has 154 valence electrons. The van der Waals surface area contributed by atoms with Crippen LogP contribution in [0.3, 0.4) is 0 Å². The van der Waals surface area contributed by atoms with Crippen molar-refractivity contribution in [2.75, 3.05) is 26.7 Å².